The van der Waals surface area contributed by atoms with E-state index < -0.39 is 6.18 Å². The Bertz CT molecular complexity index is 261. The van der Waals surface area contributed by atoms with E-state index in [1.165, 1.54) is 6.08 Å². The van der Waals surface area contributed by atoms with Crippen molar-refractivity contribution >= 4 is 0 Å². The molecule has 1 aliphatic heterocycles. The van der Waals surface area contributed by atoms with E-state index in [2.05, 4.69) is 6.92 Å². The summed E-state index contributed by atoms with van der Waals surface area (Å²) in [6, 6.07) is 0.174. The van der Waals surface area contributed by atoms with E-state index in [9.17, 15) is 13.2 Å². The van der Waals surface area contributed by atoms with Crippen molar-refractivity contribution in [2.75, 3.05) is 19.6 Å². The normalized spacial score (nSPS) is 20.2. The molecule has 5 heteroatoms. The topological polar surface area (TPSA) is 29.3 Å². The highest BCUT2D eigenvalue weighted by Crippen LogP contribution is 2.30. The molecule has 1 rings (SSSR count). The van der Waals surface area contributed by atoms with E-state index in [4.69, 9.17) is 5.73 Å². The van der Waals surface area contributed by atoms with Gasteiger partial charge in [-0.3, -0.25) is 4.90 Å². The molecule has 0 spiro atoms. The van der Waals surface area contributed by atoms with Crippen LogP contribution in [0.15, 0.2) is 11.6 Å². The van der Waals surface area contributed by atoms with E-state index in [0.717, 1.165) is 25.8 Å². The summed E-state index contributed by atoms with van der Waals surface area (Å²) in [5.41, 5.74) is 5.49. The quantitative estimate of drug-likeness (QED) is 0.760. The lowest BCUT2D eigenvalue weighted by Crippen LogP contribution is -2.35. The fourth-order valence-electron chi connectivity index (χ4n) is 2.04. The van der Waals surface area contributed by atoms with Crippen molar-refractivity contribution in [3.8, 4) is 0 Å². The number of halogens is 3. The first kappa shape index (κ1) is 14.5. The number of rotatable bonds is 5. The molecule has 0 amide bonds. The first-order valence-electron chi connectivity index (χ1n) is 6.17. The molecule has 0 saturated carbocycles. The maximum absolute atomic E-state index is 12.4. The van der Waals surface area contributed by atoms with Crippen LogP contribution in [-0.4, -0.2) is 36.8 Å². The minimum atomic E-state index is -4.15. The lowest BCUT2D eigenvalue weighted by Gasteiger charge is -2.27. The molecular formula is C12H21F3N2. The van der Waals surface area contributed by atoms with Crippen molar-refractivity contribution in [2.45, 2.75) is 44.8 Å². The van der Waals surface area contributed by atoms with E-state index in [-0.39, 0.29) is 18.0 Å². The van der Waals surface area contributed by atoms with Gasteiger partial charge in [-0.25, -0.2) is 0 Å². The van der Waals surface area contributed by atoms with Crippen LogP contribution < -0.4 is 5.73 Å². The predicted octanol–water partition coefficient (Wildman–Crippen LogP) is 2.70. The number of nitrogens with zero attached hydrogens (tertiary/aromatic N) is 1. The van der Waals surface area contributed by atoms with Crippen LogP contribution in [0.5, 0.6) is 0 Å². The summed E-state index contributed by atoms with van der Waals surface area (Å²) in [5, 5.41) is 0. The molecule has 0 saturated heterocycles. The smallest absolute Gasteiger partial charge is 0.328 e. The summed E-state index contributed by atoms with van der Waals surface area (Å²) in [5.74, 6) is 0. The molecule has 17 heavy (non-hydrogen) atoms. The van der Waals surface area contributed by atoms with Crippen LogP contribution in [0, 0.1) is 0 Å². The largest absolute Gasteiger partial charge is 0.412 e. The third-order valence-electron chi connectivity index (χ3n) is 3.13. The molecule has 0 aliphatic carbocycles. The van der Waals surface area contributed by atoms with E-state index in [1.54, 1.807) is 0 Å². The molecular weight excluding hydrogens is 229 g/mol. The van der Waals surface area contributed by atoms with Gasteiger partial charge in [0, 0.05) is 24.7 Å². The SMILES string of the molecule is CCCC(N)CCN1CC=C(C(F)(F)F)CC1. The Kier molecular flexibility index (Phi) is 5.46. The van der Waals surface area contributed by atoms with Gasteiger partial charge >= 0.3 is 6.18 Å². The first-order valence-corrected chi connectivity index (χ1v) is 6.17. The summed E-state index contributed by atoms with van der Waals surface area (Å²) in [6.45, 7) is 3.76. The molecule has 1 aliphatic rings. The fraction of sp³-hybridized carbons (Fsp3) is 0.833. The van der Waals surface area contributed by atoms with Crippen LogP contribution in [0.25, 0.3) is 0 Å². The zero-order valence-corrected chi connectivity index (χ0v) is 10.3. The first-order chi connectivity index (χ1) is 7.93. The second kappa shape index (κ2) is 6.40. The van der Waals surface area contributed by atoms with Gasteiger partial charge in [0.05, 0.1) is 0 Å². The summed E-state index contributed by atoms with van der Waals surface area (Å²) in [7, 11) is 0. The van der Waals surface area contributed by atoms with Gasteiger partial charge < -0.3 is 5.73 Å². The zero-order valence-electron chi connectivity index (χ0n) is 10.3. The van der Waals surface area contributed by atoms with E-state index in [1.807, 2.05) is 4.90 Å². The molecule has 0 aromatic carbocycles. The van der Waals surface area contributed by atoms with E-state index >= 15 is 0 Å². The molecule has 0 aromatic rings. The van der Waals surface area contributed by atoms with Crippen molar-refractivity contribution in [3.63, 3.8) is 0 Å². The van der Waals surface area contributed by atoms with Gasteiger partial charge in [0.25, 0.3) is 0 Å². The van der Waals surface area contributed by atoms with Crippen LogP contribution in [0.1, 0.15) is 32.6 Å². The monoisotopic (exact) mass is 250 g/mol. The van der Waals surface area contributed by atoms with Gasteiger partial charge in [-0.1, -0.05) is 19.4 Å². The Morgan fingerprint density at radius 3 is 2.59 bits per heavy atom. The Morgan fingerprint density at radius 2 is 2.12 bits per heavy atom. The van der Waals surface area contributed by atoms with Gasteiger partial charge in [-0.05, 0) is 25.8 Å². The Balaban J connectivity index is 2.30. The number of hydrogen-bond donors (Lipinski definition) is 1. The molecule has 2 nitrogen and oxygen atoms in total. The van der Waals surface area contributed by atoms with Gasteiger partial charge in [0.15, 0.2) is 0 Å². The highest BCUT2D eigenvalue weighted by atomic mass is 19.4. The average molecular weight is 250 g/mol. The maximum Gasteiger partial charge on any atom is 0.412 e. The minimum Gasteiger partial charge on any atom is -0.328 e. The number of alkyl halides is 3. The Hall–Kier alpha value is -0.550. The van der Waals surface area contributed by atoms with Crippen molar-refractivity contribution in [2.24, 2.45) is 5.73 Å². The lowest BCUT2D eigenvalue weighted by atomic mass is 10.1. The van der Waals surface area contributed by atoms with Crippen molar-refractivity contribution < 1.29 is 13.2 Å². The van der Waals surface area contributed by atoms with Crippen LogP contribution in [0.2, 0.25) is 0 Å². The molecule has 1 heterocycles. The minimum absolute atomic E-state index is 0.104. The zero-order chi connectivity index (χ0) is 12.9. The highest BCUT2D eigenvalue weighted by Gasteiger charge is 2.34. The van der Waals surface area contributed by atoms with Crippen LogP contribution in [-0.2, 0) is 0 Å². The summed E-state index contributed by atoms with van der Waals surface area (Å²) < 4.78 is 37.1. The highest BCUT2D eigenvalue weighted by molar-refractivity contribution is 5.12. The van der Waals surface area contributed by atoms with Gasteiger partial charge in [0.2, 0.25) is 0 Å². The van der Waals surface area contributed by atoms with Crippen LogP contribution in [0.4, 0.5) is 13.2 Å². The second-order valence-corrected chi connectivity index (χ2v) is 4.62. The second-order valence-electron chi connectivity index (χ2n) is 4.62. The Morgan fingerprint density at radius 1 is 1.41 bits per heavy atom. The molecule has 0 bridgehead atoms. The van der Waals surface area contributed by atoms with Gasteiger partial charge in [-0.15, -0.1) is 0 Å². The van der Waals surface area contributed by atoms with E-state index in [0.29, 0.717) is 13.1 Å². The van der Waals surface area contributed by atoms with Crippen molar-refractivity contribution in [3.05, 3.63) is 11.6 Å². The van der Waals surface area contributed by atoms with Crippen LogP contribution >= 0.6 is 0 Å². The molecule has 0 radical (unpaired) electrons. The average Bonchev–Trinajstić information content (AvgIpc) is 2.26. The third kappa shape index (κ3) is 5.08. The molecule has 1 atom stereocenters. The number of nitrogens with two attached hydrogens (primary N) is 1. The summed E-state index contributed by atoms with van der Waals surface area (Å²) in [4.78, 5) is 2.03. The summed E-state index contributed by atoms with van der Waals surface area (Å²) in [6.07, 6.45) is 0.159. The van der Waals surface area contributed by atoms with Crippen molar-refractivity contribution in [1.82, 2.24) is 4.90 Å². The maximum atomic E-state index is 12.4. The molecule has 1 unspecified atom stereocenters. The standard InChI is InChI=1S/C12H21F3N2/c1-2-3-11(16)6-9-17-7-4-10(5-8-17)12(13,14)15/h4,11H,2-3,5-9,16H2,1H3. The molecule has 0 fully saturated rings. The third-order valence-corrected chi connectivity index (χ3v) is 3.13. The predicted molar refractivity (Wildman–Crippen MR) is 62.7 cm³/mol. The van der Waals surface area contributed by atoms with Crippen molar-refractivity contribution in [1.29, 1.82) is 0 Å². The lowest BCUT2D eigenvalue weighted by molar-refractivity contribution is -0.0960. The summed E-state index contributed by atoms with van der Waals surface area (Å²) >= 11 is 0. The fourth-order valence-corrected chi connectivity index (χ4v) is 2.04. The molecule has 100 valence electrons. The molecule has 0 aromatic heterocycles. The molecule has 2 N–H and O–H groups in total. The Labute approximate surface area is 101 Å². The van der Waals surface area contributed by atoms with Gasteiger partial charge in [-0.2, -0.15) is 13.2 Å². The number of hydrogen-bond acceptors (Lipinski definition) is 2. The van der Waals surface area contributed by atoms with Gasteiger partial charge in [0.1, 0.15) is 0 Å². The van der Waals surface area contributed by atoms with Crippen LogP contribution in [0.3, 0.4) is 0 Å².